The molecule has 5 nitrogen and oxygen atoms in total. The second-order valence-corrected chi connectivity index (χ2v) is 5.96. The summed E-state index contributed by atoms with van der Waals surface area (Å²) < 4.78 is 7.64. The average molecular weight is 341 g/mol. The monoisotopic (exact) mass is 341 g/mol. The van der Waals surface area contributed by atoms with E-state index in [1.807, 2.05) is 51.1 Å². The summed E-state index contributed by atoms with van der Waals surface area (Å²) >= 11 is 4.96. The number of hydrogen-bond acceptors (Lipinski definition) is 3. The van der Waals surface area contributed by atoms with E-state index in [1.165, 1.54) is 0 Å². The molecule has 0 spiro atoms. The van der Waals surface area contributed by atoms with Gasteiger partial charge in [0.15, 0.2) is 5.11 Å². The van der Waals surface area contributed by atoms with Crippen LogP contribution in [-0.4, -0.2) is 22.2 Å². The van der Waals surface area contributed by atoms with Gasteiger partial charge < -0.3 is 14.6 Å². The van der Waals surface area contributed by atoms with E-state index in [1.54, 1.807) is 0 Å². The summed E-state index contributed by atoms with van der Waals surface area (Å²) in [6.07, 6.45) is 1.82. The molecule has 0 atom stereocenters. The van der Waals surface area contributed by atoms with E-state index < -0.39 is 0 Å². The van der Waals surface area contributed by atoms with Crippen LogP contribution in [0, 0.1) is 13.8 Å². The lowest BCUT2D eigenvalue weighted by molar-refractivity contribution is -0.115. The number of ether oxygens (including phenoxy) is 1. The quantitative estimate of drug-likeness (QED) is 0.663. The summed E-state index contributed by atoms with van der Waals surface area (Å²) in [4.78, 5) is 11.8. The molecule has 1 saturated heterocycles. The fraction of sp³-hybridized carbons (Fsp3) is 0.222. The minimum Gasteiger partial charge on any atom is -0.494 e. The lowest BCUT2D eigenvalue weighted by Gasteiger charge is -2.11. The van der Waals surface area contributed by atoms with Gasteiger partial charge in [-0.15, -0.1) is 0 Å². The fourth-order valence-electron chi connectivity index (χ4n) is 2.83. The van der Waals surface area contributed by atoms with Crippen molar-refractivity contribution in [1.29, 1.82) is 0 Å². The Morgan fingerprint density at radius 2 is 1.92 bits per heavy atom. The molecule has 6 heteroatoms. The van der Waals surface area contributed by atoms with Crippen LogP contribution >= 0.6 is 12.2 Å². The Balaban J connectivity index is 1.96. The third-order valence-electron chi connectivity index (χ3n) is 3.90. The number of aromatic nitrogens is 1. The first kappa shape index (κ1) is 16.3. The molecular weight excluding hydrogens is 322 g/mol. The highest BCUT2D eigenvalue weighted by Crippen LogP contribution is 2.24. The van der Waals surface area contributed by atoms with E-state index in [-0.39, 0.29) is 5.91 Å². The van der Waals surface area contributed by atoms with Crippen molar-refractivity contribution in [1.82, 2.24) is 15.2 Å². The van der Waals surface area contributed by atoms with Gasteiger partial charge in [-0.05, 0) is 75.0 Å². The Morgan fingerprint density at radius 1 is 1.21 bits per heavy atom. The number of thiocarbonyl (C=S) groups is 1. The lowest BCUT2D eigenvalue weighted by Crippen LogP contribution is -2.21. The van der Waals surface area contributed by atoms with E-state index in [0.717, 1.165) is 28.4 Å². The van der Waals surface area contributed by atoms with Crippen LogP contribution < -0.4 is 15.4 Å². The fourth-order valence-corrected chi connectivity index (χ4v) is 3.03. The molecule has 24 heavy (non-hydrogen) atoms. The molecule has 1 aromatic carbocycles. The lowest BCUT2D eigenvalue weighted by atomic mass is 10.2. The molecule has 2 aromatic rings. The van der Waals surface area contributed by atoms with Gasteiger partial charge in [0.25, 0.3) is 5.91 Å². The van der Waals surface area contributed by atoms with Crippen molar-refractivity contribution in [2.24, 2.45) is 0 Å². The predicted octanol–water partition coefficient (Wildman–Crippen LogP) is 2.84. The minimum absolute atomic E-state index is 0.203. The molecule has 0 unspecified atom stereocenters. The maximum absolute atomic E-state index is 11.8. The van der Waals surface area contributed by atoms with Crippen molar-refractivity contribution < 1.29 is 9.53 Å². The SMILES string of the molecule is CCOc1ccc(-n2c(C)cc(/C=C3/NC(=S)NC3=O)c2C)cc1. The van der Waals surface area contributed by atoms with Crippen molar-refractivity contribution in [3.05, 3.63) is 53.0 Å². The van der Waals surface area contributed by atoms with Crippen LogP contribution in [0.3, 0.4) is 0 Å². The van der Waals surface area contributed by atoms with Gasteiger partial charge in [-0.2, -0.15) is 0 Å². The Morgan fingerprint density at radius 3 is 2.50 bits per heavy atom. The van der Waals surface area contributed by atoms with Gasteiger partial charge in [0.2, 0.25) is 0 Å². The highest BCUT2D eigenvalue weighted by molar-refractivity contribution is 7.80. The first-order chi connectivity index (χ1) is 11.5. The van der Waals surface area contributed by atoms with E-state index in [2.05, 4.69) is 21.3 Å². The zero-order valence-electron chi connectivity index (χ0n) is 13.8. The molecule has 1 fully saturated rings. The second-order valence-electron chi connectivity index (χ2n) is 5.56. The highest BCUT2D eigenvalue weighted by atomic mass is 32.1. The first-order valence-corrected chi connectivity index (χ1v) is 8.16. The van der Waals surface area contributed by atoms with Gasteiger partial charge in [0, 0.05) is 17.1 Å². The zero-order chi connectivity index (χ0) is 17.3. The van der Waals surface area contributed by atoms with Gasteiger partial charge in [0.1, 0.15) is 11.4 Å². The van der Waals surface area contributed by atoms with Crippen LogP contribution in [0.2, 0.25) is 0 Å². The smallest absolute Gasteiger partial charge is 0.273 e. The Labute approximate surface area is 146 Å². The van der Waals surface area contributed by atoms with Crippen LogP contribution in [0.15, 0.2) is 36.0 Å². The minimum atomic E-state index is -0.203. The molecular formula is C18H19N3O2S. The second kappa shape index (κ2) is 6.49. The van der Waals surface area contributed by atoms with Gasteiger partial charge in [-0.25, -0.2) is 0 Å². The highest BCUT2D eigenvalue weighted by Gasteiger charge is 2.21. The molecule has 124 valence electrons. The molecule has 1 aliphatic rings. The van der Waals surface area contributed by atoms with E-state index in [0.29, 0.717) is 17.4 Å². The number of aryl methyl sites for hydroxylation is 1. The van der Waals surface area contributed by atoms with Crippen molar-refractivity contribution in [3.63, 3.8) is 0 Å². The number of carbonyl (C=O) groups is 1. The van der Waals surface area contributed by atoms with Gasteiger partial charge >= 0.3 is 0 Å². The van der Waals surface area contributed by atoms with Crippen LogP contribution in [-0.2, 0) is 4.79 Å². The first-order valence-electron chi connectivity index (χ1n) is 7.76. The van der Waals surface area contributed by atoms with E-state index >= 15 is 0 Å². The molecule has 3 rings (SSSR count). The third-order valence-corrected chi connectivity index (χ3v) is 4.10. The maximum Gasteiger partial charge on any atom is 0.273 e. The van der Waals surface area contributed by atoms with E-state index in [4.69, 9.17) is 17.0 Å². The average Bonchev–Trinajstić information content (AvgIpc) is 3.00. The van der Waals surface area contributed by atoms with Crippen molar-refractivity contribution in [2.75, 3.05) is 6.61 Å². The number of nitrogens with one attached hydrogen (secondary N) is 2. The Kier molecular flexibility index (Phi) is 4.40. The molecule has 0 aliphatic carbocycles. The third kappa shape index (κ3) is 3.05. The van der Waals surface area contributed by atoms with Gasteiger partial charge in [-0.1, -0.05) is 0 Å². The molecule has 1 amide bonds. The number of nitrogens with zero attached hydrogens (tertiary/aromatic N) is 1. The van der Waals surface area contributed by atoms with Gasteiger partial charge in [-0.3, -0.25) is 10.1 Å². The summed E-state index contributed by atoms with van der Waals surface area (Å²) in [5.41, 5.74) is 4.63. The summed E-state index contributed by atoms with van der Waals surface area (Å²) in [6, 6.07) is 10.0. The van der Waals surface area contributed by atoms with Crippen LogP contribution in [0.1, 0.15) is 23.9 Å². The van der Waals surface area contributed by atoms with E-state index in [9.17, 15) is 4.79 Å². The summed E-state index contributed by atoms with van der Waals surface area (Å²) in [6.45, 7) is 6.68. The summed E-state index contributed by atoms with van der Waals surface area (Å²) in [5.74, 6) is 0.650. The molecule has 0 saturated carbocycles. The zero-order valence-corrected chi connectivity index (χ0v) is 14.7. The molecule has 1 aromatic heterocycles. The van der Waals surface area contributed by atoms with Crippen LogP contribution in [0.5, 0.6) is 5.75 Å². The standard InChI is InChI=1S/C18H19N3O2S/c1-4-23-15-7-5-14(6-8-15)21-11(2)9-13(12(21)3)10-16-17(22)20-18(24)19-16/h5-10H,4H2,1-3H3,(H2,19,20,22,24)/b16-10+. The number of hydrogen-bond donors (Lipinski definition) is 2. The molecule has 0 radical (unpaired) electrons. The number of amides is 1. The molecule has 2 N–H and O–H groups in total. The summed E-state index contributed by atoms with van der Waals surface area (Å²) in [5, 5.41) is 5.79. The van der Waals surface area contributed by atoms with Crippen LogP contribution in [0.4, 0.5) is 0 Å². The van der Waals surface area contributed by atoms with Crippen molar-refractivity contribution >= 4 is 29.3 Å². The van der Waals surface area contributed by atoms with Crippen molar-refractivity contribution in [2.45, 2.75) is 20.8 Å². The molecule has 1 aliphatic heterocycles. The number of rotatable bonds is 4. The summed E-state index contributed by atoms with van der Waals surface area (Å²) in [7, 11) is 0. The number of carbonyl (C=O) groups excluding carboxylic acids is 1. The molecule has 0 bridgehead atoms. The van der Waals surface area contributed by atoms with Crippen molar-refractivity contribution in [3.8, 4) is 11.4 Å². The molecule has 2 heterocycles. The Bertz CT molecular complexity index is 835. The topological polar surface area (TPSA) is 55.3 Å². The Hall–Kier alpha value is -2.60. The normalized spacial score (nSPS) is 15.5. The predicted molar refractivity (Wildman–Crippen MR) is 98.3 cm³/mol. The van der Waals surface area contributed by atoms with Crippen LogP contribution in [0.25, 0.3) is 11.8 Å². The van der Waals surface area contributed by atoms with Gasteiger partial charge in [0.05, 0.1) is 6.61 Å². The number of benzene rings is 1. The maximum atomic E-state index is 11.8. The largest absolute Gasteiger partial charge is 0.494 e.